The summed E-state index contributed by atoms with van der Waals surface area (Å²) in [6, 6.07) is 18.9. The van der Waals surface area contributed by atoms with Crippen LogP contribution in [0, 0.1) is 5.82 Å². The van der Waals surface area contributed by atoms with Crippen molar-refractivity contribution in [2.45, 2.75) is 6.92 Å². The highest BCUT2D eigenvalue weighted by atomic mass is 19.1. The monoisotopic (exact) mass is 378 g/mol. The van der Waals surface area contributed by atoms with Gasteiger partial charge in [0.25, 0.3) is 11.8 Å². The Hall–Kier alpha value is -3.67. The van der Waals surface area contributed by atoms with Gasteiger partial charge in [0.1, 0.15) is 11.6 Å². The summed E-state index contributed by atoms with van der Waals surface area (Å²) in [5, 5.41) is 5.45. The van der Waals surface area contributed by atoms with Crippen molar-refractivity contribution >= 4 is 23.2 Å². The van der Waals surface area contributed by atoms with Crippen LogP contribution in [-0.4, -0.2) is 18.4 Å². The number of amides is 2. The Bertz CT molecular complexity index is 970. The Balaban J connectivity index is 1.67. The lowest BCUT2D eigenvalue weighted by Crippen LogP contribution is -2.14. The Labute approximate surface area is 162 Å². The van der Waals surface area contributed by atoms with Crippen molar-refractivity contribution in [1.29, 1.82) is 0 Å². The Morgan fingerprint density at radius 1 is 0.821 bits per heavy atom. The van der Waals surface area contributed by atoms with Crippen molar-refractivity contribution in [3.05, 3.63) is 89.7 Å². The third kappa shape index (κ3) is 4.94. The van der Waals surface area contributed by atoms with Gasteiger partial charge in [0, 0.05) is 22.5 Å². The van der Waals surface area contributed by atoms with Crippen LogP contribution in [0.1, 0.15) is 27.6 Å². The maximum Gasteiger partial charge on any atom is 0.255 e. The lowest BCUT2D eigenvalue weighted by atomic mass is 10.1. The van der Waals surface area contributed by atoms with Crippen molar-refractivity contribution in [3.8, 4) is 5.75 Å². The summed E-state index contributed by atoms with van der Waals surface area (Å²) in [6.45, 7) is 2.44. The molecule has 0 unspecified atom stereocenters. The Morgan fingerprint density at radius 3 is 2.14 bits per heavy atom. The highest BCUT2D eigenvalue weighted by Crippen LogP contribution is 2.17. The molecule has 0 aliphatic carbocycles. The topological polar surface area (TPSA) is 67.4 Å². The molecular formula is C22H19FN2O3. The van der Waals surface area contributed by atoms with Crippen LogP contribution in [0.4, 0.5) is 15.8 Å². The number of halogens is 1. The lowest BCUT2D eigenvalue weighted by Gasteiger charge is -2.09. The van der Waals surface area contributed by atoms with Gasteiger partial charge in [-0.2, -0.15) is 0 Å². The van der Waals surface area contributed by atoms with E-state index in [0.717, 1.165) is 0 Å². The first-order chi connectivity index (χ1) is 13.5. The molecule has 142 valence electrons. The average Bonchev–Trinajstić information content (AvgIpc) is 2.70. The van der Waals surface area contributed by atoms with Crippen molar-refractivity contribution in [2.24, 2.45) is 0 Å². The second-order valence-corrected chi connectivity index (χ2v) is 5.95. The van der Waals surface area contributed by atoms with Crippen LogP contribution >= 0.6 is 0 Å². The molecule has 0 bridgehead atoms. The normalized spacial score (nSPS) is 10.2. The maximum atomic E-state index is 13.0. The molecule has 3 aromatic rings. The minimum absolute atomic E-state index is 0.292. The van der Waals surface area contributed by atoms with Gasteiger partial charge in [0.2, 0.25) is 0 Å². The first kappa shape index (κ1) is 19.1. The molecule has 5 nitrogen and oxygen atoms in total. The Morgan fingerprint density at radius 2 is 1.46 bits per heavy atom. The zero-order chi connectivity index (χ0) is 19.9. The van der Waals surface area contributed by atoms with E-state index in [1.807, 2.05) is 6.92 Å². The van der Waals surface area contributed by atoms with E-state index in [0.29, 0.717) is 34.9 Å². The molecular weight excluding hydrogens is 359 g/mol. The van der Waals surface area contributed by atoms with Crippen LogP contribution in [0.3, 0.4) is 0 Å². The van der Waals surface area contributed by atoms with Crippen molar-refractivity contribution in [1.82, 2.24) is 0 Å². The van der Waals surface area contributed by atoms with E-state index in [4.69, 9.17) is 4.74 Å². The number of anilines is 2. The second kappa shape index (κ2) is 8.81. The van der Waals surface area contributed by atoms with Crippen molar-refractivity contribution in [3.63, 3.8) is 0 Å². The van der Waals surface area contributed by atoms with Crippen LogP contribution in [0.2, 0.25) is 0 Å². The van der Waals surface area contributed by atoms with E-state index in [9.17, 15) is 14.0 Å². The van der Waals surface area contributed by atoms with E-state index in [2.05, 4.69) is 10.6 Å². The molecule has 0 fully saturated rings. The van der Waals surface area contributed by atoms with Crippen LogP contribution in [0.25, 0.3) is 0 Å². The number of hydrogen-bond donors (Lipinski definition) is 2. The predicted molar refractivity (Wildman–Crippen MR) is 106 cm³/mol. The lowest BCUT2D eigenvalue weighted by molar-refractivity contribution is 0.101. The first-order valence-electron chi connectivity index (χ1n) is 8.76. The van der Waals surface area contributed by atoms with Crippen molar-refractivity contribution < 1.29 is 18.7 Å². The molecule has 0 saturated carbocycles. The summed E-state index contributed by atoms with van der Waals surface area (Å²) in [4.78, 5) is 24.8. The number of ether oxygens (including phenoxy) is 1. The highest BCUT2D eigenvalue weighted by Gasteiger charge is 2.10. The third-order valence-electron chi connectivity index (χ3n) is 3.91. The Kier molecular flexibility index (Phi) is 6.01. The SMILES string of the molecule is CCOc1ccc(C(=O)Nc2cccc(C(=O)Nc3ccc(F)cc3)c2)cc1. The fraction of sp³-hybridized carbons (Fsp3) is 0.0909. The summed E-state index contributed by atoms with van der Waals surface area (Å²) in [7, 11) is 0. The molecule has 0 aliphatic heterocycles. The maximum absolute atomic E-state index is 13.0. The minimum Gasteiger partial charge on any atom is -0.494 e. The van der Waals surface area contributed by atoms with Gasteiger partial charge in [-0.05, 0) is 73.7 Å². The van der Waals surface area contributed by atoms with Crippen LogP contribution < -0.4 is 15.4 Å². The molecule has 0 spiro atoms. The fourth-order valence-corrected chi connectivity index (χ4v) is 2.55. The van der Waals surface area contributed by atoms with Crippen LogP contribution in [-0.2, 0) is 0 Å². The zero-order valence-electron chi connectivity index (χ0n) is 15.2. The molecule has 0 heterocycles. The second-order valence-electron chi connectivity index (χ2n) is 5.95. The molecule has 6 heteroatoms. The van der Waals surface area contributed by atoms with Gasteiger partial charge < -0.3 is 15.4 Å². The van der Waals surface area contributed by atoms with E-state index in [1.54, 1.807) is 48.5 Å². The smallest absolute Gasteiger partial charge is 0.255 e. The molecule has 0 atom stereocenters. The predicted octanol–water partition coefficient (Wildman–Crippen LogP) is 4.73. The third-order valence-corrected chi connectivity index (χ3v) is 3.91. The van der Waals surface area contributed by atoms with Gasteiger partial charge in [0.05, 0.1) is 6.61 Å². The molecule has 0 saturated heterocycles. The van der Waals surface area contributed by atoms with Gasteiger partial charge >= 0.3 is 0 Å². The molecule has 0 aromatic heterocycles. The van der Waals surface area contributed by atoms with Gasteiger partial charge in [-0.25, -0.2) is 4.39 Å². The molecule has 2 N–H and O–H groups in total. The number of nitrogens with one attached hydrogen (secondary N) is 2. The number of rotatable bonds is 6. The molecule has 3 rings (SSSR count). The van der Waals surface area contributed by atoms with Gasteiger partial charge in [-0.15, -0.1) is 0 Å². The van der Waals surface area contributed by atoms with E-state index >= 15 is 0 Å². The van der Waals surface area contributed by atoms with Gasteiger partial charge in [-0.1, -0.05) is 6.07 Å². The molecule has 0 radical (unpaired) electrons. The number of benzene rings is 3. The average molecular weight is 378 g/mol. The zero-order valence-corrected chi connectivity index (χ0v) is 15.2. The quantitative estimate of drug-likeness (QED) is 0.652. The number of carbonyl (C=O) groups is 2. The molecule has 2 amide bonds. The van der Waals surface area contributed by atoms with E-state index in [1.165, 1.54) is 24.3 Å². The van der Waals surface area contributed by atoms with Crippen LogP contribution in [0.5, 0.6) is 5.75 Å². The van der Waals surface area contributed by atoms with E-state index < -0.39 is 0 Å². The summed E-state index contributed by atoms with van der Waals surface area (Å²) in [5.74, 6) is -0.335. The van der Waals surface area contributed by atoms with Gasteiger partial charge in [-0.3, -0.25) is 9.59 Å². The summed E-state index contributed by atoms with van der Waals surface area (Å²) in [6.07, 6.45) is 0. The van der Waals surface area contributed by atoms with Crippen molar-refractivity contribution in [2.75, 3.05) is 17.2 Å². The van der Waals surface area contributed by atoms with E-state index in [-0.39, 0.29) is 17.6 Å². The summed E-state index contributed by atoms with van der Waals surface area (Å²) >= 11 is 0. The van der Waals surface area contributed by atoms with Crippen LogP contribution in [0.15, 0.2) is 72.8 Å². The first-order valence-corrected chi connectivity index (χ1v) is 8.76. The minimum atomic E-state index is -0.378. The fourth-order valence-electron chi connectivity index (χ4n) is 2.55. The number of carbonyl (C=O) groups excluding carboxylic acids is 2. The molecule has 28 heavy (non-hydrogen) atoms. The number of hydrogen-bond acceptors (Lipinski definition) is 3. The highest BCUT2D eigenvalue weighted by molar-refractivity contribution is 6.07. The largest absolute Gasteiger partial charge is 0.494 e. The summed E-state index contributed by atoms with van der Waals surface area (Å²) in [5.41, 5.74) is 1.82. The molecule has 0 aliphatic rings. The standard InChI is InChI=1S/C22H19FN2O3/c1-2-28-20-12-6-15(7-13-20)21(26)25-19-5-3-4-16(14-19)22(27)24-18-10-8-17(23)9-11-18/h3-14H,2H2,1H3,(H,24,27)(H,25,26). The summed E-state index contributed by atoms with van der Waals surface area (Å²) < 4.78 is 18.3. The van der Waals surface area contributed by atoms with Gasteiger partial charge in [0.15, 0.2) is 0 Å². The molecule has 3 aromatic carbocycles.